The van der Waals surface area contributed by atoms with Crippen LogP contribution in [0.1, 0.15) is 37.1 Å². The lowest BCUT2D eigenvalue weighted by Gasteiger charge is -2.35. The third-order valence-corrected chi connectivity index (χ3v) is 6.19. The van der Waals surface area contributed by atoms with Gasteiger partial charge >= 0.3 is 6.18 Å². The number of anilines is 1. The highest BCUT2D eigenvalue weighted by Crippen LogP contribution is 2.39. The molecule has 12 heteroatoms. The van der Waals surface area contributed by atoms with Crippen LogP contribution >= 0.6 is 12.2 Å². The molecule has 0 unspecified atom stereocenters. The second kappa shape index (κ2) is 8.23. The number of piperazine rings is 1. The summed E-state index contributed by atoms with van der Waals surface area (Å²) >= 11 is 5.57. The van der Waals surface area contributed by atoms with E-state index in [1.54, 1.807) is 4.90 Å². The van der Waals surface area contributed by atoms with Crippen molar-refractivity contribution in [2.45, 2.75) is 45.1 Å². The molecule has 1 aliphatic carbocycles. The second-order valence-corrected chi connectivity index (χ2v) is 8.23. The van der Waals surface area contributed by atoms with Crippen molar-refractivity contribution < 1.29 is 18.1 Å². The Morgan fingerprint density at radius 3 is 2.45 bits per heavy atom. The lowest BCUT2D eigenvalue weighted by molar-refractivity contribution is -0.384. The van der Waals surface area contributed by atoms with Crippen molar-refractivity contribution in [3.63, 3.8) is 0 Å². The normalized spacial score (nSPS) is 17.9. The van der Waals surface area contributed by atoms with Gasteiger partial charge in [-0.2, -0.15) is 18.3 Å². The smallest absolute Gasteiger partial charge is 0.363 e. The van der Waals surface area contributed by atoms with Gasteiger partial charge in [0.05, 0.1) is 17.2 Å². The van der Waals surface area contributed by atoms with E-state index in [0.29, 0.717) is 49.6 Å². The molecule has 1 aromatic heterocycles. The number of hydrogen-bond donors (Lipinski definition) is 0. The summed E-state index contributed by atoms with van der Waals surface area (Å²) in [4.78, 5) is 14.5. The lowest BCUT2D eigenvalue weighted by Crippen LogP contribution is -2.47. The fourth-order valence-corrected chi connectivity index (χ4v) is 4.24. The topological polar surface area (TPSA) is 72.4 Å². The first-order valence-electron chi connectivity index (χ1n) is 10.2. The molecule has 0 atom stereocenters. The van der Waals surface area contributed by atoms with Gasteiger partial charge in [-0.3, -0.25) is 15.0 Å². The molecular weight excluding hydrogens is 433 g/mol. The van der Waals surface area contributed by atoms with Gasteiger partial charge in [0.25, 0.3) is 5.69 Å². The average molecular weight is 456 g/mol. The molecule has 2 fully saturated rings. The number of nitro benzene ring substituents is 1. The summed E-state index contributed by atoms with van der Waals surface area (Å²) in [5, 5.41) is 16.1. The van der Waals surface area contributed by atoms with E-state index in [1.807, 2.05) is 11.6 Å². The van der Waals surface area contributed by atoms with Crippen LogP contribution in [0.25, 0.3) is 0 Å². The SMILES string of the molecule is CCn1c(C2CC2)nn(CN2CCN(c3ccc(C(F)(F)F)cc3[N+](=O)[O-])CC2)c1=S. The van der Waals surface area contributed by atoms with Crippen molar-refractivity contribution in [3.05, 3.63) is 44.5 Å². The quantitative estimate of drug-likeness (QED) is 0.372. The first kappa shape index (κ1) is 21.8. The van der Waals surface area contributed by atoms with Crippen LogP contribution in [0, 0.1) is 14.9 Å². The van der Waals surface area contributed by atoms with Crippen molar-refractivity contribution in [3.8, 4) is 0 Å². The largest absolute Gasteiger partial charge is 0.416 e. The van der Waals surface area contributed by atoms with Gasteiger partial charge < -0.3 is 9.47 Å². The van der Waals surface area contributed by atoms with Gasteiger partial charge in [-0.05, 0) is 44.1 Å². The van der Waals surface area contributed by atoms with E-state index >= 15 is 0 Å². The number of benzene rings is 1. The zero-order valence-corrected chi connectivity index (χ0v) is 17.8. The minimum atomic E-state index is -4.62. The summed E-state index contributed by atoms with van der Waals surface area (Å²) in [6.45, 7) is 5.45. The molecule has 1 saturated heterocycles. The minimum absolute atomic E-state index is 0.209. The van der Waals surface area contributed by atoms with Gasteiger partial charge in [0.2, 0.25) is 0 Å². The van der Waals surface area contributed by atoms with Gasteiger partial charge in [-0.1, -0.05) is 0 Å². The number of aromatic nitrogens is 3. The summed E-state index contributed by atoms with van der Waals surface area (Å²) in [7, 11) is 0. The van der Waals surface area contributed by atoms with Crippen LogP contribution in [0.5, 0.6) is 0 Å². The Hall–Kier alpha value is -2.47. The van der Waals surface area contributed by atoms with E-state index in [9.17, 15) is 23.3 Å². The molecule has 1 aliphatic heterocycles. The van der Waals surface area contributed by atoms with Crippen LogP contribution in [0.15, 0.2) is 18.2 Å². The van der Waals surface area contributed by atoms with Crippen LogP contribution < -0.4 is 4.90 Å². The van der Waals surface area contributed by atoms with Crippen molar-refractivity contribution in [2.24, 2.45) is 0 Å². The van der Waals surface area contributed by atoms with E-state index in [1.165, 1.54) is 6.07 Å². The number of nitrogens with zero attached hydrogens (tertiary/aromatic N) is 6. The molecule has 0 amide bonds. The summed E-state index contributed by atoms with van der Waals surface area (Å²) in [6.07, 6.45) is -2.35. The van der Waals surface area contributed by atoms with E-state index in [2.05, 4.69) is 9.47 Å². The zero-order valence-electron chi connectivity index (χ0n) is 17.0. The molecule has 0 bridgehead atoms. The fraction of sp³-hybridized carbons (Fsp3) is 0.579. The number of alkyl halides is 3. The van der Waals surface area contributed by atoms with Gasteiger partial charge in [-0.25, -0.2) is 4.68 Å². The lowest BCUT2D eigenvalue weighted by atomic mass is 10.1. The first-order chi connectivity index (χ1) is 14.7. The maximum Gasteiger partial charge on any atom is 0.416 e. The van der Waals surface area contributed by atoms with E-state index in [0.717, 1.165) is 31.3 Å². The molecule has 0 radical (unpaired) electrons. The van der Waals surface area contributed by atoms with Crippen LogP contribution in [0.3, 0.4) is 0 Å². The Morgan fingerprint density at radius 2 is 1.90 bits per heavy atom. The molecule has 0 spiro atoms. The van der Waals surface area contributed by atoms with Gasteiger partial charge in [0.15, 0.2) is 4.77 Å². The molecular formula is C19H23F3N6O2S. The molecule has 2 aliphatic rings. The Kier molecular flexibility index (Phi) is 5.77. The highest BCUT2D eigenvalue weighted by atomic mass is 32.1. The van der Waals surface area contributed by atoms with E-state index < -0.39 is 22.4 Å². The van der Waals surface area contributed by atoms with Crippen molar-refractivity contribution >= 4 is 23.6 Å². The number of hydrogen-bond acceptors (Lipinski definition) is 6. The third-order valence-electron chi connectivity index (χ3n) is 5.76. The maximum atomic E-state index is 12.9. The summed E-state index contributed by atoms with van der Waals surface area (Å²) in [5.41, 5.74) is -1.34. The standard InChI is InChI=1S/C19H23F3N6O2S/c1-2-26-17(13-3-4-13)23-27(18(26)31)12-24-7-9-25(10-8-24)15-6-5-14(19(20,21)22)11-16(15)28(29)30/h5-6,11,13H,2-4,7-10,12H2,1H3. The zero-order chi connectivity index (χ0) is 22.3. The Bertz CT molecular complexity index is 1040. The molecule has 1 saturated carbocycles. The molecule has 0 N–H and O–H groups in total. The van der Waals surface area contributed by atoms with Crippen LogP contribution in [0.2, 0.25) is 0 Å². The number of nitro groups is 1. The maximum absolute atomic E-state index is 12.9. The molecule has 31 heavy (non-hydrogen) atoms. The molecule has 2 aromatic rings. The molecule has 168 valence electrons. The monoisotopic (exact) mass is 456 g/mol. The van der Waals surface area contributed by atoms with Crippen LogP contribution in [-0.2, 0) is 19.4 Å². The Balaban J connectivity index is 1.46. The highest BCUT2D eigenvalue weighted by Gasteiger charge is 2.34. The molecule has 1 aromatic carbocycles. The van der Waals surface area contributed by atoms with Crippen LogP contribution in [0.4, 0.5) is 24.5 Å². The Morgan fingerprint density at radius 1 is 1.23 bits per heavy atom. The summed E-state index contributed by atoms with van der Waals surface area (Å²) in [5.74, 6) is 1.52. The van der Waals surface area contributed by atoms with Gasteiger partial charge in [-0.15, -0.1) is 0 Å². The molecule has 8 nitrogen and oxygen atoms in total. The predicted octanol–water partition coefficient (Wildman–Crippen LogP) is 4.02. The minimum Gasteiger partial charge on any atom is -0.363 e. The molecule has 2 heterocycles. The predicted molar refractivity (Wildman–Crippen MR) is 111 cm³/mol. The third kappa shape index (κ3) is 4.45. The van der Waals surface area contributed by atoms with E-state index in [-0.39, 0.29) is 5.69 Å². The van der Waals surface area contributed by atoms with E-state index in [4.69, 9.17) is 17.3 Å². The van der Waals surface area contributed by atoms with Crippen molar-refractivity contribution in [1.82, 2.24) is 19.2 Å². The first-order valence-corrected chi connectivity index (χ1v) is 10.6. The summed E-state index contributed by atoms with van der Waals surface area (Å²) in [6, 6.07) is 2.69. The van der Waals surface area contributed by atoms with Gasteiger partial charge in [0.1, 0.15) is 11.5 Å². The number of halogens is 3. The highest BCUT2D eigenvalue weighted by molar-refractivity contribution is 7.71. The van der Waals surface area contributed by atoms with Crippen molar-refractivity contribution in [1.29, 1.82) is 0 Å². The van der Waals surface area contributed by atoms with Crippen LogP contribution in [-0.4, -0.2) is 50.3 Å². The molecule has 4 rings (SSSR count). The fourth-order valence-electron chi connectivity index (χ4n) is 3.92. The Labute approximate surface area is 182 Å². The second-order valence-electron chi connectivity index (χ2n) is 7.86. The van der Waals surface area contributed by atoms with Crippen molar-refractivity contribution in [2.75, 3.05) is 31.1 Å². The van der Waals surface area contributed by atoms with Gasteiger partial charge in [0, 0.05) is 44.7 Å². The average Bonchev–Trinajstić information content (AvgIpc) is 3.52. The summed E-state index contributed by atoms with van der Waals surface area (Å²) < 4.78 is 43.4. The number of rotatable bonds is 6.